The van der Waals surface area contributed by atoms with Crippen LogP contribution in [0.3, 0.4) is 0 Å². The Morgan fingerprint density at radius 1 is 0.812 bits per heavy atom. The van der Waals surface area contributed by atoms with Gasteiger partial charge in [0.15, 0.2) is 31.9 Å². The number of aromatic hydroxyl groups is 1. The van der Waals surface area contributed by atoms with E-state index in [0.717, 1.165) is 51.8 Å². The number of carbonyl (C=O) groups is 3. The summed E-state index contributed by atoms with van der Waals surface area (Å²) in [6.45, 7) is 3.31. The molecule has 540 valence electrons. The van der Waals surface area contributed by atoms with Crippen LogP contribution < -0.4 is 24.6 Å². The number of aryl methyl sites for hydroxylation is 3. The first-order chi connectivity index (χ1) is 47.4. The van der Waals surface area contributed by atoms with E-state index in [2.05, 4.69) is 35.4 Å². The maximum atomic E-state index is 14.2. The van der Waals surface area contributed by atoms with Gasteiger partial charge in [0.1, 0.15) is 22.5 Å². The molecular weight excluding hydrogens is 1450 g/mol. The Morgan fingerprint density at radius 3 is 1.95 bits per heavy atom. The topological polar surface area (TPSA) is 333 Å². The third kappa shape index (κ3) is 17.8. The zero-order valence-electron chi connectivity index (χ0n) is 53.9. The highest BCUT2D eigenvalue weighted by molar-refractivity contribution is 7.93. The first-order valence-corrected chi connectivity index (χ1v) is 33.0. The van der Waals surface area contributed by atoms with Crippen molar-refractivity contribution in [1.29, 1.82) is 0 Å². The van der Waals surface area contributed by atoms with Crippen LogP contribution in [-0.2, 0) is 75.2 Å². The molecule has 0 radical (unpaired) electrons. The van der Waals surface area contributed by atoms with Gasteiger partial charge < -0.3 is 33.6 Å². The molecule has 0 fully saturated rings. The van der Waals surface area contributed by atoms with E-state index in [1.807, 2.05) is 65.4 Å². The molecule has 10 rings (SSSR count). The van der Waals surface area contributed by atoms with E-state index >= 15 is 0 Å². The van der Waals surface area contributed by atoms with Crippen molar-refractivity contribution in [3.8, 4) is 29.2 Å². The number of ketones is 1. The second-order valence-corrected chi connectivity index (χ2v) is 25.3. The normalized spacial score (nSPS) is 13.1. The number of hydrogen-bond acceptors (Lipinski definition) is 22. The average molecular weight is 1500 g/mol. The first-order valence-electron chi connectivity index (χ1n) is 28.8. The van der Waals surface area contributed by atoms with Crippen LogP contribution in [0, 0.1) is 19.7 Å². The van der Waals surface area contributed by atoms with Crippen LogP contribution in [0.4, 0.5) is 45.5 Å². The number of halogens is 11. The maximum absolute atomic E-state index is 14.2. The van der Waals surface area contributed by atoms with Gasteiger partial charge in [-0.2, -0.15) is 59.4 Å². The Balaban J connectivity index is 0.000000190. The summed E-state index contributed by atoms with van der Waals surface area (Å²) in [6, 6.07) is 25.3. The molecule has 9 aromatic rings. The number of anilines is 1. The Labute approximate surface area is 576 Å². The van der Waals surface area contributed by atoms with Crippen LogP contribution >= 0.6 is 23.2 Å². The number of hydrogen-bond donors (Lipinski definition) is 2. The van der Waals surface area contributed by atoms with E-state index in [9.17, 15) is 80.6 Å². The fraction of sp³-hybridized carbons (Fsp3) is 0.295. The lowest BCUT2D eigenvalue weighted by molar-refractivity contribution is -0.143. The molecule has 0 saturated heterocycles. The zero-order chi connectivity index (χ0) is 74.9. The molecule has 0 bridgehead atoms. The highest BCUT2D eigenvalue weighted by atomic mass is 35.5. The fourth-order valence-electron chi connectivity index (χ4n) is 9.50. The fourth-order valence-corrected chi connectivity index (χ4v) is 12.1. The van der Waals surface area contributed by atoms with E-state index in [1.165, 1.54) is 41.2 Å². The van der Waals surface area contributed by atoms with Crippen molar-refractivity contribution >= 4 is 78.2 Å². The molecule has 4 aromatic carbocycles. The van der Waals surface area contributed by atoms with Crippen molar-refractivity contribution in [2.24, 2.45) is 12.2 Å². The van der Waals surface area contributed by atoms with Crippen molar-refractivity contribution in [2.45, 2.75) is 80.2 Å². The molecule has 1 aliphatic rings. The Morgan fingerprint density at radius 2 is 1.44 bits per heavy atom. The second kappa shape index (κ2) is 31.9. The number of sulfonamides is 1. The molecule has 0 amide bonds. The number of nitrogens with zero attached hydrogens (tertiary/aromatic N) is 11. The van der Waals surface area contributed by atoms with E-state index in [1.54, 1.807) is 13.8 Å². The van der Waals surface area contributed by atoms with E-state index in [-0.39, 0.29) is 68.5 Å². The van der Waals surface area contributed by atoms with Gasteiger partial charge in [-0.25, -0.2) is 49.8 Å². The molecule has 1 aliphatic heterocycles. The number of aromatic nitrogens is 10. The number of esters is 2. The Bertz CT molecular complexity index is 4830. The molecule has 6 heterocycles. The van der Waals surface area contributed by atoms with Crippen LogP contribution in [0.1, 0.15) is 82.1 Å². The van der Waals surface area contributed by atoms with Gasteiger partial charge in [-0.1, -0.05) is 77.4 Å². The maximum Gasteiger partial charge on any atom is 0.418 e. The number of nitrogens with one attached hydrogen (secondary N) is 1. The smallest absolute Gasteiger partial charge is 0.418 e. The summed E-state index contributed by atoms with van der Waals surface area (Å²) >= 11 is 11.9. The van der Waals surface area contributed by atoms with Crippen LogP contribution in [0.2, 0.25) is 5.02 Å². The molecule has 0 spiro atoms. The molecule has 1 atom stereocenters. The standard InChI is InChI=1S/C18H17NO3.C15H14Cl2F3N3O3.C14H13F3N6O5S.C14H13F3N2O4S/c1-2-21-17(20)16-13-18(22-19-16,14-9-5-3-6-10-14)15-11-7-4-8-12-15;1-3-26-13(24)10(17)4-8-5-12(11(18)6-9(8)16)23-15(25)22(14(19)20)7(2)21-23;1-26-8-6-9(27-2)23-13(19-8)20-12(21-23)22-29(24,25)10-7(14(15,16)17)4-5-18-11(10)28-3;1-7-11(13(21)19(2)18-7)12(20)9-5-4-8(14(15,16)17)6-10(9)24(3,22)23/h3-12H,2,13H2,1H3;5-6,10,14H,3-4H2,1-2H3;4-6H,1-3H3,(H,21,22);4-6,21H,1-3H3. The number of methoxy groups -OCH3 is 3. The predicted octanol–water partition coefficient (Wildman–Crippen LogP) is 9.96. The lowest BCUT2D eigenvalue weighted by atomic mass is 9.82. The quantitative estimate of drug-likeness (QED) is 0.0329. The van der Waals surface area contributed by atoms with Gasteiger partial charge in [-0.3, -0.25) is 9.59 Å². The van der Waals surface area contributed by atoms with Gasteiger partial charge in [0.05, 0.1) is 68.7 Å². The second-order valence-electron chi connectivity index (χ2n) is 20.8. The van der Waals surface area contributed by atoms with Crippen LogP contribution in [-0.4, -0.2) is 140 Å². The van der Waals surface area contributed by atoms with Crippen LogP contribution in [0.15, 0.2) is 129 Å². The van der Waals surface area contributed by atoms with E-state index < -0.39 is 123 Å². The summed E-state index contributed by atoms with van der Waals surface area (Å²) in [4.78, 5) is 63.4. The first kappa shape index (κ1) is 78.0. The van der Waals surface area contributed by atoms with E-state index in [4.69, 9.17) is 51.7 Å². The van der Waals surface area contributed by atoms with Crippen molar-refractivity contribution in [3.05, 3.63) is 181 Å². The number of benzene rings is 4. The number of rotatable bonds is 19. The molecule has 5 aromatic heterocycles. The lowest BCUT2D eigenvalue weighted by Crippen LogP contribution is -2.29. The van der Waals surface area contributed by atoms with Crippen molar-refractivity contribution in [3.63, 3.8) is 0 Å². The molecule has 101 heavy (non-hydrogen) atoms. The zero-order valence-corrected chi connectivity index (χ0v) is 57.1. The van der Waals surface area contributed by atoms with Gasteiger partial charge in [0.2, 0.25) is 29.3 Å². The van der Waals surface area contributed by atoms with E-state index in [0.29, 0.717) is 47.9 Å². The predicted molar refractivity (Wildman–Crippen MR) is 340 cm³/mol. The van der Waals surface area contributed by atoms with Crippen LogP contribution in [0.5, 0.6) is 23.5 Å². The number of pyridine rings is 1. The summed E-state index contributed by atoms with van der Waals surface area (Å²) in [5, 5.41) is 24.1. The van der Waals surface area contributed by atoms with Gasteiger partial charge in [-0.05, 0) is 69.7 Å². The summed E-state index contributed by atoms with van der Waals surface area (Å²) in [5.41, 5.74) is -3.15. The minimum atomic E-state index is -4.98. The highest BCUT2D eigenvalue weighted by Gasteiger charge is 2.46. The van der Waals surface area contributed by atoms with Gasteiger partial charge in [-0.15, -0.1) is 21.8 Å². The number of ether oxygens (including phenoxy) is 5. The van der Waals surface area contributed by atoms with Crippen molar-refractivity contribution in [1.82, 2.24) is 48.7 Å². The minimum Gasteiger partial charge on any atom is -0.493 e. The van der Waals surface area contributed by atoms with Gasteiger partial charge >= 0.3 is 36.5 Å². The number of fused-ring (bicyclic) bond motifs is 1. The number of alkyl halides is 9. The Hall–Kier alpha value is -10.3. The molecule has 27 nitrogen and oxygen atoms in total. The molecule has 1 unspecified atom stereocenters. The minimum absolute atomic E-state index is 0.0424. The molecular formula is C61H57Cl2F9N12O15S2. The van der Waals surface area contributed by atoms with Crippen molar-refractivity contribution in [2.75, 3.05) is 45.5 Å². The summed E-state index contributed by atoms with van der Waals surface area (Å²) in [6.07, 6.45) is -8.01. The Kier molecular flexibility index (Phi) is 24.6. The third-order valence-corrected chi connectivity index (χ3v) is 17.3. The molecule has 0 aliphatic carbocycles. The average Bonchev–Trinajstić information content (AvgIpc) is 1.77. The molecule has 0 saturated carbocycles. The van der Waals surface area contributed by atoms with Crippen LogP contribution in [0.25, 0.3) is 11.5 Å². The SMILES string of the molecule is CCOC(=O)C(Cl)Cc1cc(-n2nc(C)n(C(F)F)c2=O)c(F)cc1Cl.CCOC(=O)C1=NOC(c2ccccc2)(c2ccccc2)C1.COc1cc(OC)n2nc(NS(=O)(=O)c3c(C(F)(F)F)ccnc3OC)nc2n1.Cc1nn(C)c(O)c1C(=O)c1ccc(C(F)(F)F)cc1S(C)(=O)=O. The summed E-state index contributed by atoms with van der Waals surface area (Å²) < 4.78 is 197. The van der Waals surface area contributed by atoms with Crippen molar-refractivity contribution < 1.29 is 104 Å². The molecule has 40 heteroatoms. The largest absolute Gasteiger partial charge is 0.493 e. The summed E-state index contributed by atoms with van der Waals surface area (Å²) in [7, 11) is -3.96. The van der Waals surface area contributed by atoms with Gasteiger partial charge in [0.25, 0.3) is 21.7 Å². The van der Waals surface area contributed by atoms with Gasteiger partial charge in [0, 0.05) is 47.6 Å². The summed E-state index contributed by atoms with van der Waals surface area (Å²) in [5.74, 6) is -4.98. The lowest BCUT2D eigenvalue weighted by Gasteiger charge is -2.27. The monoisotopic (exact) mass is 1500 g/mol. The number of carbonyl (C=O) groups excluding carboxylic acids is 3. The molecule has 2 N–H and O–H groups in total. The number of sulfone groups is 1. The number of oxime groups is 1. The third-order valence-electron chi connectivity index (χ3n) is 14.1. The highest BCUT2D eigenvalue weighted by Crippen LogP contribution is 2.42.